The van der Waals surface area contributed by atoms with Crippen LogP contribution in [0.2, 0.25) is 0 Å². The van der Waals surface area contributed by atoms with E-state index >= 15 is 0 Å². The van der Waals surface area contributed by atoms with Crippen LogP contribution in [0, 0.1) is 5.82 Å². The zero-order valence-electron chi connectivity index (χ0n) is 12.5. The van der Waals surface area contributed by atoms with Crippen LogP contribution in [-0.2, 0) is 4.79 Å². The molecule has 0 fully saturated rings. The van der Waals surface area contributed by atoms with E-state index < -0.39 is 6.10 Å². The lowest BCUT2D eigenvalue weighted by atomic mass is 10.1. The van der Waals surface area contributed by atoms with Crippen LogP contribution in [0.5, 0.6) is 5.75 Å². The van der Waals surface area contributed by atoms with Gasteiger partial charge in [0.05, 0.1) is 0 Å². The number of benzene rings is 1. The largest absolute Gasteiger partial charge is 0.481 e. The Morgan fingerprint density at radius 1 is 1.35 bits per heavy atom. The molecular formula is C15H23FN2O2. The van der Waals surface area contributed by atoms with Crippen LogP contribution in [0.3, 0.4) is 0 Å². The Kier molecular flexibility index (Phi) is 5.95. The number of likely N-dealkylation sites (N-methyl/N-ethyl adjacent to an activating group) is 1. The van der Waals surface area contributed by atoms with Gasteiger partial charge >= 0.3 is 0 Å². The smallest absolute Gasteiger partial charge is 0.263 e. The van der Waals surface area contributed by atoms with Crippen molar-refractivity contribution in [3.63, 3.8) is 0 Å². The van der Waals surface area contributed by atoms with Gasteiger partial charge in [0.1, 0.15) is 11.6 Å². The van der Waals surface area contributed by atoms with Crippen molar-refractivity contribution in [1.82, 2.24) is 4.90 Å². The summed E-state index contributed by atoms with van der Waals surface area (Å²) >= 11 is 0. The van der Waals surface area contributed by atoms with Gasteiger partial charge in [-0.2, -0.15) is 0 Å². The third kappa shape index (κ3) is 3.93. The zero-order valence-corrected chi connectivity index (χ0v) is 12.5. The lowest BCUT2D eigenvalue weighted by Crippen LogP contribution is -2.40. The highest BCUT2D eigenvalue weighted by Crippen LogP contribution is 2.26. The molecule has 0 aliphatic carbocycles. The molecule has 0 aliphatic rings. The third-order valence-corrected chi connectivity index (χ3v) is 3.19. The highest BCUT2D eigenvalue weighted by atomic mass is 19.1. The molecule has 2 N–H and O–H groups in total. The highest BCUT2D eigenvalue weighted by molar-refractivity contribution is 5.80. The maximum atomic E-state index is 13.3. The molecule has 0 spiro atoms. The van der Waals surface area contributed by atoms with E-state index in [2.05, 4.69) is 0 Å². The fraction of sp³-hybridized carbons (Fsp3) is 0.533. The Hall–Kier alpha value is -1.62. The van der Waals surface area contributed by atoms with Gasteiger partial charge in [-0.3, -0.25) is 4.79 Å². The number of rotatable bonds is 6. The van der Waals surface area contributed by atoms with Crippen molar-refractivity contribution in [3.8, 4) is 5.75 Å². The number of nitrogens with zero attached hydrogens (tertiary/aromatic N) is 1. The molecule has 1 rings (SSSR count). The molecule has 4 nitrogen and oxygen atoms in total. The molecule has 1 unspecified atom stereocenters. The summed E-state index contributed by atoms with van der Waals surface area (Å²) in [5.74, 6) is -0.00303. The topological polar surface area (TPSA) is 55.6 Å². The number of amides is 1. The van der Waals surface area contributed by atoms with Gasteiger partial charge in [0.25, 0.3) is 5.91 Å². The van der Waals surface area contributed by atoms with Crippen LogP contribution >= 0.6 is 0 Å². The first-order chi connectivity index (χ1) is 9.40. The zero-order chi connectivity index (χ0) is 15.3. The Morgan fingerprint density at radius 2 is 1.95 bits per heavy atom. The fourth-order valence-corrected chi connectivity index (χ4v) is 2.02. The summed E-state index contributed by atoms with van der Waals surface area (Å²) in [6.45, 7) is 8.53. The first-order valence-electron chi connectivity index (χ1n) is 6.91. The van der Waals surface area contributed by atoms with E-state index in [1.807, 2.05) is 13.8 Å². The van der Waals surface area contributed by atoms with Gasteiger partial charge in [0.2, 0.25) is 0 Å². The first kappa shape index (κ1) is 16.4. The molecule has 1 aromatic rings. The molecule has 0 aliphatic heterocycles. The summed E-state index contributed by atoms with van der Waals surface area (Å²) in [5, 5.41) is 0. The standard InChI is InChI=1S/C15H23FN2O2/c1-5-18(6-2)15(19)11(4)20-14-8-7-12(16)9-13(14)10(3)17/h7-11H,5-6,17H2,1-4H3/t10-,11?/m1/s1. The molecule has 0 heterocycles. The summed E-state index contributed by atoms with van der Waals surface area (Å²) < 4.78 is 18.9. The highest BCUT2D eigenvalue weighted by Gasteiger charge is 2.21. The molecule has 112 valence electrons. The average molecular weight is 282 g/mol. The van der Waals surface area contributed by atoms with E-state index in [1.54, 1.807) is 18.7 Å². The fourth-order valence-electron chi connectivity index (χ4n) is 2.02. The second-order valence-corrected chi connectivity index (χ2v) is 4.74. The predicted octanol–water partition coefficient (Wildman–Crippen LogP) is 2.48. The van der Waals surface area contributed by atoms with Crippen molar-refractivity contribution >= 4 is 5.91 Å². The van der Waals surface area contributed by atoms with Gasteiger partial charge in [-0.05, 0) is 45.9 Å². The van der Waals surface area contributed by atoms with E-state index in [4.69, 9.17) is 10.5 Å². The van der Waals surface area contributed by atoms with Crippen LogP contribution in [0.4, 0.5) is 4.39 Å². The van der Waals surface area contributed by atoms with Crippen LogP contribution < -0.4 is 10.5 Å². The Morgan fingerprint density at radius 3 is 2.45 bits per heavy atom. The number of hydrogen-bond donors (Lipinski definition) is 1. The maximum Gasteiger partial charge on any atom is 0.263 e. The quantitative estimate of drug-likeness (QED) is 0.872. The molecular weight excluding hydrogens is 259 g/mol. The summed E-state index contributed by atoms with van der Waals surface area (Å²) in [6, 6.07) is 3.79. The van der Waals surface area contributed by atoms with Crippen LogP contribution in [0.25, 0.3) is 0 Å². The second-order valence-electron chi connectivity index (χ2n) is 4.74. The number of carbonyl (C=O) groups is 1. The molecule has 2 atom stereocenters. The molecule has 1 amide bonds. The van der Waals surface area contributed by atoms with Crippen LogP contribution in [-0.4, -0.2) is 30.0 Å². The number of ether oxygens (including phenoxy) is 1. The number of carbonyl (C=O) groups excluding carboxylic acids is 1. The van der Waals surface area contributed by atoms with Crippen molar-refractivity contribution in [1.29, 1.82) is 0 Å². The molecule has 5 heteroatoms. The molecule has 1 aromatic carbocycles. The molecule has 0 saturated heterocycles. The van der Waals surface area contributed by atoms with Gasteiger partial charge in [0.15, 0.2) is 6.10 Å². The minimum absolute atomic E-state index is 0.0880. The van der Waals surface area contributed by atoms with Gasteiger partial charge in [-0.15, -0.1) is 0 Å². The van der Waals surface area contributed by atoms with Crippen molar-refractivity contribution < 1.29 is 13.9 Å². The number of hydrogen-bond acceptors (Lipinski definition) is 3. The van der Waals surface area contributed by atoms with Gasteiger partial charge in [-0.1, -0.05) is 0 Å². The number of halogens is 1. The summed E-state index contributed by atoms with van der Waals surface area (Å²) in [4.78, 5) is 13.8. The van der Waals surface area contributed by atoms with Gasteiger partial charge in [0, 0.05) is 24.7 Å². The third-order valence-electron chi connectivity index (χ3n) is 3.19. The summed E-state index contributed by atoms with van der Waals surface area (Å²) in [7, 11) is 0. The summed E-state index contributed by atoms with van der Waals surface area (Å²) in [5.41, 5.74) is 6.36. The van der Waals surface area contributed by atoms with Gasteiger partial charge < -0.3 is 15.4 Å². The Bertz CT molecular complexity index is 459. The Balaban J connectivity index is 2.90. The lowest BCUT2D eigenvalue weighted by Gasteiger charge is -2.24. The van der Waals surface area contributed by atoms with Crippen molar-refractivity contribution in [3.05, 3.63) is 29.6 Å². The number of nitrogens with two attached hydrogens (primary N) is 1. The van der Waals surface area contributed by atoms with Crippen molar-refractivity contribution in [2.75, 3.05) is 13.1 Å². The van der Waals surface area contributed by atoms with E-state index in [-0.39, 0.29) is 17.8 Å². The van der Waals surface area contributed by atoms with E-state index in [0.29, 0.717) is 24.4 Å². The second kappa shape index (κ2) is 7.24. The van der Waals surface area contributed by atoms with E-state index in [1.165, 1.54) is 18.2 Å². The normalized spacial score (nSPS) is 13.7. The van der Waals surface area contributed by atoms with Crippen molar-refractivity contribution in [2.24, 2.45) is 5.73 Å². The predicted molar refractivity (Wildman–Crippen MR) is 77.0 cm³/mol. The summed E-state index contributed by atoms with van der Waals surface area (Å²) in [6.07, 6.45) is -0.627. The van der Waals surface area contributed by atoms with E-state index in [9.17, 15) is 9.18 Å². The molecule has 20 heavy (non-hydrogen) atoms. The first-order valence-corrected chi connectivity index (χ1v) is 6.91. The van der Waals surface area contributed by atoms with Crippen LogP contribution in [0.1, 0.15) is 39.3 Å². The molecule has 0 radical (unpaired) electrons. The Labute approximate surface area is 119 Å². The minimum Gasteiger partial charge on any atom is -0.481 e. The lowest BCUT2D eigenvalue weighted by molar-refractivity contribution is -0.137. The minimum atomic E-state index is -0.627. The molecule has 0 bridgehead atoms. The van der Waals surface area contributed by atoms with Gasteiger partial charge in [-0.25, -0.2) is 4.39 Å². The SMILES string of the molecule is CCN(CC)C(=O)C(C)Oc1ccc(F)cc1[C@@H](C)N. The maximum absolute atomic E-state index is 13.3. The monoisotopic (exact) mass is 282 g/mol. The average Bonchev–Trinajstić information content (AvgIpc) is 2.41. The molecule has 0 saturated carbocycles. The van der Waals surface area contributed by atoms with Crippen LogP contribution in [0.15, 0.2) is 18.2 Å². The van der Waals surface area contributed by atoms with E-state index in [0.717, 1.165) is 0 Å². The molecule has 0 aromatic heterocycles. The van der Waals surface area contributed by atoms with Crippen molar-refractivity contribution in [2.45, 2.75) is 39.8 Å².